The van der Waals surface area contributed by atoms with Gasteiger partial charge < -0.3 is 10.5 Å². The molecule has 0 amide bonds. The molecule has 0 aromatic heterocycles. The molecule has 1 rings (SSSR count). The van der Waals surface area contributed by atoms with Gasteiger partial charge in [0, 0.05) is 12.0 Å². The molecule has 0 radical (unpaired) electrons. The molecular formula is C12H15BrFNO2. The third kappa shape index (κ3) is 3.26. The van der Waals surface area contributed by atoms with Crippen molar-refractivity contribution in [2.24, 2.45) is 5.73 Å². The smallest absolute Gasteiger partial charge is 0.306 e. The van der Waals surface area contributed by atoms with Crippen LogP contribution < -0.4 is 5.73 Å². The van der Waals surface area contributed by atoms with Crippen molar-refractivity contribution in [2.75, 3.05) is 13.7 Å². The van der Waals surface area contributed by atoms with Gasteiger partial charge in [-0.25, -0.2) is 4.39 Å². The van der Waals surface area contributed by atoms with E-state index in [1.807, 2.05) is 6.92 Å². The highest BCUT2D eigenvalue weighted by atomic mass is 79.9. The van der Waals surface area contributed by atoms with Crippen LogP contribution in [-0.2, 0) is 14.9 Å². The second kappa shape index (κ2) is 5.60. The summed E-state index contributed by atoms with van der Waals surface area (Å²) in [6.07, 6.45) is 0.165. The minimum atomic E-state index is -0.552. The Hall–Kier alpha value is -0.940. The molecule has 1 unspecified atom stereocenters. The lowest BCUT2D eigenvalue weighted by atomic mass is 9.79. The second-order valence-corrected chi connectivity index (χ2v) is 5.00. The fraction of sp³-hybridized carbons (Fsp3) is 0.417. The first-order chi connectivity index (χ1) is 7.92. The minimum absolute atomic E-state index is 0.165. The zero-order valence-electron chi connectivity index (χ0n) is 9.80. The number of methoxy groups -OCH3 is 1. The van der Waals surface area contributed by atoms with Gasteiger partial charge in [0.2, 0.25) is 0 Å². The van der Waals surface area contributed by atoms with Gasteiger partial charge in [-0.05, 0) is 33.6 Å². The van der Waals surface area contributed by atoms with Gasteiger partial charge >= 0.3 is 5.97 Å². The van der Waals surface area contributed by atoms with Gasteiger partial charge in [0.1, 0.15) is 5.82 Å². The molecular weight excluding hydrogens is 289 g/mol. The molecule has 1 aromatic rings. The summed E-state index contributed by atoms with van der Waals surface area (Å²) < 4.78 is 18.2. The molecule has 0 saturated carbocycles. The van der Waals surface area contributed by atoms with Crippen molar-refractivity contribution in [1.82, 2.24) is 0 Å². The Bertz CT molecular complexity index is 425. The summed E-state index contributed by atoms with van der Waals surface area (Å²) in [6, 6.07) is 4.63. The van der Waals surface area contributed by atoms with Crippen molar-refractivity contribution in [2.45, 2.75) is 18.8 Å². The third-order valence-corrected chi connectivity index (χ3v) is 3.44. The molecule has 0 aliphatic heterocycles. The maximum Gasteiger partial charge on any atom is 0.306 e. The van der Waals surface area contributed by atoms with Crippen molar-refractivity contribution < 1.29 is 13.9 Å². The van der Waals surface area contributed by atoms with Gasteiger partial charge in [-0.2, -0.15) is 0 Å². The Balaban J connectivity index is 3.07. The van der Waals surface area contributed by atoms with Crippen LogP contribution in [0.3, 0.4) is 0 Å². The predicted octanol–water partition coefficient (Wildman–Crippen LogP) is 2.37. The quantitative estimate of drug-likeness (QED) is 0.869. The monoisotopic (exact) mass is 303 g/mol. The average molecular weight is 304 g/mol. The Labute approximate surface area is 108 Å². The lowest BCUT2D eigenvalue weighted by molar-refractivity contribution is -0.141. The number of hydrogen-bond acceptors (Lipinski definition) is 3. The van der Waals surface area contributed by atoms with E-state index in [2.05, 4.69) is 20.7 Å². The molecule has 0 aliphatic carbocycles. The van der Waals surface area contributed by atoms with E-state index in [1.54, 1.807) is 12.1 Å². The van der Waals surface area contributed by atoms with Crippen LogP contribution in [0.4, 0.5) is 4.39 Å². The molecule has 17 heavy (non-hydrogen) atoms. The molecule has 0 bridgehead atoms. The van der Waals surface area contributed by atoms with Crippen LogP contribution in [0.15, 0.2) is 22.7 Å². The van der Waals surface area contributed by atoms with Crippen LogP contribution in [0.5, 0.6) is 0 Å². The van der Waals surface area contributed by atoms with Crippen molar-refractivity contribution in [3.05, 3.63) is 34.1 Å². The zero-order chi connectivity index (χ0) is 13.1. The SMILES string of the molecule is COC(=O)CC(C)(CN)c1ccc(F)c(Br)c1. The van der Waals surface area contributed by atoms with E-state index in [9.17, 15) is 9.18 Å². The standard InChI is InChI=1S/C12H15BrFNO2/c1-12(7-15,6-11(16)17-2)8-3-4-10(14)9(13)5-8/h3-5H,6-7,15H2,1-2H3. The first-order valence-corrected chi connectivity index (χ1v) is 5.94. The minimum Gasteiger partial charge on any atom is -0.469 e. The van der Waals surface area contributed by atoms with E-state index in [4.69, 9.17) is 5.73 Å². The second-order valence-electron chi connectivity index (χ2n) is 4.15. The number of carbonyl (C=O) groups is 1. The van der Waals surface area contributed by atoms with Gasteiger partial charge in [-0.1, -0.05) is 13.0 Å². The van der Waals surface area contributed by atoms with Gasteiger partial charge in [0.15, 0.2) is 0 Å². The number of benzene rings is 1. The van der Waals surface area contributed by atoms with Crippen molar-refractivity contribution in [3.63, 3.8) is 0 Å². The predicted molar refractivity (Wildman–Crippen MR) is 67.1 cm³/mol. The summed E-state index contributed by atoms with van der Waals surface area (Å²) in [4.78, 5) is 11.3. The van der Waals surface area contributed by atoms with Crippen molar-refractivity contribution in [1.29, 1.82) is 0 Å². The molecule has 1 aromatic carbocycles. The van der Waals surface area contributed by atoms with E-state index in [-0.39, 0.29) is 24.8 Å². The highest BCUT2D eigenvalue weighted by Crippen LogP contribution is 2.30. The van der Waals surface area contributed by atoms with Crippen molar-refractivity contribution >= 4 is 21.9 Å². The largest absolute Gasteiger partial charge is 0.469 e. The molecule has 0 aliphatic rings. The van der Waals surface area contributed by atoms with Crippen LogP contribution in [0.2, 0.25) is 0 Å². The number of halogens is 2. The molecule has 0 heterocycles. The fourth-order valence-electron chi connectivity index (χ4n) is 1.55. The first-order valence-electron chi connectivity index (χ1n) is 5.15. The van der Waals surface area contributed by atoms with E-state index < -0.39 is 5.41 Å². The van der Waals surface area contributed by atoms with Crippen LogP contribution in [-0.4, -0.2) is 19.6 Å². The number of nitrogens with two attached hydrogens (primary N) is 1. The summed E-state index contributed by atoms with van der Waals surface area (Å²) >= 11 is 3.12. The number of rotatable bonds is 4. The van der Waals surface area contributed by atoms with Crippen LogP contribution in [0.1, 0.15) is 18.9 Å². The highest BCUT2D eigenvalue weighted by Gasteiger charge is 2.29. The molecule has 5 heteroatoms. The van der Waals surface area contributed by atoms with Gasteiger partial charge in [-0.3, -0.25) is 4.79 Å². The fourth-order valence-corrected chi connectivity index (χ4v) is 1.93. The third-order valence-electron chi connectivity index (χ3n) is 2.83. The normalized spacial score (nSPS) is 14.2. The summed E-state index contributed by atoms with van der Waals surface area (Å²) in [5.74, 6) is -0.676. The van der Waals surface area contributed by atoms with Crippen LogP contribution in [0, 0.1) is 5.82 Å². The molecule has 0 spiro atoms. The number of esters is 1. The number of ether oxygens (including phenoxy) is 1. The summed E-state index contributed by atoms with van der Waals surface area (Å²) in [6.45, 7) is 2.13. The molecule has 0 fully saturated rings. The van der Waals surface area contributed by atoms with E-state index in [1.165, 1.54) is 13.2 Å². The lowest BCUT2D eigenvalue weighted by Crippen LogP contribution is -2.34. The Morgan fingerprint density at radius 2 is 2.24 bits per heavy atom. The molecule has 94 valence electrons. The Morgan fingerprint density at radius 1 is 1.59 bits per heavy atom. The maximum atomic E-state index is 13.1. The van der Waals surface area contributed by atoms with E-state index in [0.717, 1.165) is 5.56 Å². The molecule has 3 nitrogen and oxygen atoms in total. The molecule has 1 atom stereocenters. The Morgan fingerprint density at radius 3 is 2.71 bits per heavy atom. The van der Waals surface area contributed by atoms with Crippen LogP contribution in [0.25, 0.3) is 0 Å². The summed E-state index contributed by atoms with van der Waals surface area (Å²) in [7, 11) is 1.33. The molecule has 0 saturated heterocycles. The topological polar surface area (TPSA) is 52.3 Å². The van der Waals surface area contributed by atoms with E-state index in [0.29, 0.717) is 4.47 Å². The average Bonchev–Trinajstić information content (AvgIpc) is 2.32. The van der Waals surface area contributed by atoms with Gasteiger partial charge in [-0.15, -0.1) is 0 Å². The number of carbonyl (C=O) groups excluding carboxylic acids is 1. The van der Waals surface area contributed by atoms with E-state index >= 15 is 0 Å². The Kier molecular flexibility index (Phi) is 4.65. The molecule has 2 N–H and O–H groups in total. The number of hydrogen-bond donors (Lipinski definition) is 1. The summed E-state index contributed by atoms with van der Waals surface area (Å²) in [5, 5.41) is 0. The maximum absolute atomic E-state index is 13.1. The lowest BCUT2D eigenvalue weighted by Gasteiger charge is -2.27. The summed E-state index contributed by atoms with van der Waals surface area (Å²) in [5.41, 5.74) is 5.97. The highest BCUT2D eigenvalue weighted by molar-refractivity contribution is 9.10. The van der Waals surface area contributed by atoms with Crippen molar-refractivity contribution in [3.8, 4) is 0 Å². The van der Waals surface area contributed by atoms with Gasteiger partial charge in [0.05, 0.1) is 18.0 Å². The zero-order valence-corrected chi connectivity index (χ0v) is 11.4. The first kappa shape index (κ1) is 14.1. The van der Waals surface area contributed by atoms with Gasteiger partial charge in [0.25, 0.3) is 0 Å². The van der Waals surface area contributed by atoms with Crippen LogP contribution >= 0.6 is 15.9 Å².